The number of nitrogens with zero attached hydrogens (tertiary/aromatic N) is 5. The first kappa shape index (κ1) is 14.0. The van der Waals surface area contributed by atoms with Crippen molar-refractivity contribution in [3.05, 3.63) is 11.6 Å². The molecule has 6 heteroatoms. The molecule has 2 fully saturated rings. The molecule has 0 unspecified atom stereocenters. The maximum Gasteiger partial charge on any atom is 0.194 e. The summed E-state index contributed by atoms with van der Waals surface area (Å²) in [7, 11) is 1.89. The predicted octanol–water partition coefficient (Wildman–Crippen LogP) is 1.57. The Balaban J connectivity index is 1.39. The summed E-state index contributed by atoms with van der Waals surface area (Å²) in [5, 5.41) is 12.1. The van der Waals surface area contributed by atoms with Gasteiger partial charge >= 0.3 is 0 Å². The summed E-state index contributed by atoms with van der Waals surface area (Å²) < 4.78 is 2.25. The standard InChI is InChI=1S/C16H26N6/c1-17-15(21-10-8-16(12-21)6-2-3-7-16)18-11-14-20-19-13-5-4-9-22(13)14/h2-12H2,1H3,(H,17,18). The molecule has 120 valence electrons. The van der Waals surface area contributed by atoms with Gasteiger partial charge in [-0.3, -0.25) is 4.99 Å². The molecule has 1 aliphatic carbocycles. The van der Waals surface area contributed by atoms with Gasteiger partial charge in [0, 0.05) is 33.1 Å². The zero-order valence-electron chi connectivity index (χ0n) is 13.5. The molecule has 6 nitrogen and oxygen atoms in total. The van der Waals surface area contributed by atoms with Crippen LogP contribution < -0.4 is 5.32 Å². The molecule has 1 saturated heterocycles. The van der Waals surface area contributed by atoms with Crippen LogP contribution in [0.2, 0.25) is 0 Å². The Morgan fingerprint density at radius 2 is 2.05 bits per heavy atom. The number of nitrogens with one attached hydrogen (secondary N) is 1. The largest absolute Gasteiger partial charge is 0.349 e. The lowest BCUT2D eigenvalue weighted by Crippen LogP contribution is -2.41. The number of aliphatic imine (C=N–C) groups is 1. The zero-order chi connectivity index (χ0) is 15.0. The predicted molar refractivity (Wildman–Crippen MR) is 85.6 cm³/mol. The molecule has 1 spiro atoms. The van der Waals surface area contributed by atoms with Crippen molar-refractivity contribution in [1.29, 1.82) is 0 Å². The molecule has 0 bridgehead atoms. The number of aryl methyl sites for hydroxylation is 1. The molecule has 1 N–H and O–H groups in total. The van der Waals surface area contributed by atoms with E-state index in [1.165, 1.54) is 45.1 Å². The van der Waals surface area contributed by atoms with Gasteiger partial charge < -0.3 is 14.8 Å². The van der Waals surface area contributed by atoms with Gasteiger partial charge in [-0.05, 0) is 31.1 Å². The van der Waals surface area contributed by atoms with Crippen LogP contribution in [-0.2, 0) is 19.5 Å². The summed E-state index contributed by atoms with van der Waals surface area (Å²) in [5.74, 6) is 3.21. The van der Waals surface area contributed by atoms with E-state index >= 15 is 0 Å². The average molecular weight is 302 g/mol. The number of hydrogen-bond donors (Lipinski definition) is 1. The maximum atomic E-state index is 4.49. The van der Waals surface area contributed by atoms with E-state index in [1.807, 2.05) is 7.05 Å². The van der Waals surface area contributed by atoms with Crippen molar-refractivity contribution < 1.29 is 0 Å². The third-order valence-corrected chi connectivity index (χ3v) is 5.70. The highest BCUT2D eigenvalue weighted by Crippen LogP contribution is 2.45. The zero-order valence-corrected chi connectivity index (χ0v) is 13.5. The number of likely N-dealkylation sites (tertiary alicyclic amines) is 1. The minimum absolute atomic E-state index is 0.577. The molecular weight excluding hydrogens is 276 g/mol. The van der Waals surface area contributed by atoms with Gasteiger partial charge in [-0.25, -0.2) is 0 Å². The van der Waals surface area contributed by atoms with Crippen LogP contribution in [0.4, 0.5) is 0 Å². The summed E-state index contributed by atoms with van der Waals surface area (Å²) >= 11 is 0. The second kappa shape index (κ2) is 5.56. The Bertz CT molecular complexity index is 569. The van der Waals surface area contributed by atoms with Gasteiger partial charge in [0.15, 0.2) is 11.8 Å². The number of guanidine groups is 1. The van der Waals surface area contributed by atoms with Crippen LogP contribution in [0, 0.1) is 5.41 Å². The second-order valence-electron chi connectivity index (χ2n) is 7.07. The van der Waals surface area contributed by atoms with Crippen LogP contribution in [-0.4, -0.2) is 45.8 Å². The number of fused-ring (bicyclic) bond motifs is 1. The van der Waals surface area contributed by atoms with Crippen LogP contribution in [0.3, 0.4) is 0 Å². The highest BCUT2D eigenvalue weighted by Gasteiger charge is 2.41. The fourth-order valence-electron chi connectivity index (χ4n) is 4.48. The molecule has 1 aromatic heterocycles. The summed E-state index contributed by atoms with van der Waals surface area (Å²) in [6.07, 6.45) is 9.21. The lowest BCUT2D eigenvalue weighted by atomic mass is 9.86. The van der Waals surface area contributed by atoms with E-state index in [1.54, 1.807) is 0 Å². The summed E-state index contributed by atoms with van der Waals surface area (Å²) in [5.41, 5.74) is 0.577. The number of rotatable bonds is 2. The van der Waals surface area contributed by atoms with E-state index in [0.29, 0.717) is 5.41 Å². The maximum absolute atomic E-state index is 4.49. The van der Waals surface area contributed by atoms with Gasteiger partial charge in [0.05, 0.1) is 6.54 Å². The van der Waals surface area contributed by atoms with E-state index in [9.17, 15) is 0 Å². The van der Waals surface area contributed by atoms with E-state index in [2.05, 4.69) is 30.0 Å². The topological polar surface area (TPSA) is 58.3 Å². The molecule has 0 amide bonds. The minimum Gasteiger partial charge on any atom is -0.349 e. The van der Waals surface area contributed by atoms with E-state index in [0.717, 1.165) is 43.7 Å². The SMILES string of the molecule is CN=C(NCc1nnc2n1CCC2)N1CCC2(CCCC2)C1. The minimum atomic E-state index is 0.577. The molecule has 0 atom stereocenters. The molecule has 22 heavy (non-hydrogen) atoms. The Labute approximate surface area is 132 Å². The summed E-state index contributed by atoms with van der Waals surface area (Å²) in [4.78, 5) is 6.93. The fraction of sp³-hybridized carbons (Fsp3) is 0.812. The van der Waals surface area contributed by atoms with Crippen LogP contribution in [0.5, 0.6) is 0 Å². The van der Waals surface area contributed by atoms with Crippen molar-refractivity contribution in [3.63, 3.8) is 0 Å². The van der Waals surface area contributed by atoms with Crippen molar-refractivity contribution >= 4 is 5.96 Å². The van der Waals surface area contributed by atoms with E-state index in [4.69, 9.17) is 0 Å². The Morgan fingerprint density at radius 3 is 2.86 bits per heavy atom. The Hall–Kier alpha value is -1.59. The highest BCUT2D eigenvalue weighted by atomic mass is 15.3. The molecule has 1 aromatic rings. The summed E-state index contributed by atoms with van der Waals surface area (Å²) in [6.45, 7) is 4.09. The van der Waals surface area contributed by atoms with Crippen molar-refractivity contribution in [2.45, 2.75) is 58.0 Å². The quantitative estimate of drug-likeness (QED) is 0.665. The number of aromatic nitrogens is 3. The smallest absolute Gasteiger partial charge is 0.194 e. The highest BCUT2D eigenvalue weighted by molar-refractivity contribution is 5.80. The monoisotopic (exact) mass is 302 g/mol. The molecule has 0 aromatic carbocycles. The first-order valence-corrected chi connectivity index (χ1v) is 8.66. The third kappa shape index (κ3) is 2.38. The molecule has 0 radical (unpaired) electrons. The Kier molecular flexibility index (Phi) is 3.54. The van der Waals surface area contributed by atoms with Crippen LogP contribution in [0.15, 0.2) is 4.99 Å². The second-order valence-corrected chi connectivity index (χ2v) is 7.07. The van der Waals surface area contributed by atoms with Gasteiger partial charge in [0.25, 0.3) is 0 Å². The van der Waals surface area contributed by atoms with Gasteiger partial charge in [-0.15, -0.1) is 10.2 Å². The van der Waals surface area contributed by atoms with Crippen LogP contribution >= 0.6 is 0 Å². The Morgan fingerprint density at radius 1 is 1.18 bits per heavy atom. The van der Waals surface area contributed by atoms with E-state index in [-0.39, 0.29) is 0 Å². The van der Waals surface area contributed by atoms with Crippen LogP contribution in [0.1, 0.15) is 50.2 Å². The first-order valence-electron chi connectivity index (χ1n) is 8.66. The first-order chi connectivity index (χ1) is 10.8. The molecule has 3 aliphatic rings. The molecular formula is C16H26N6. The normalized spacial score (nSPS) is 23.5. The molecule has 3 heterocycles. The summed E-state index contributed by atoms with van der Waals surface area (Å²) in [6, 6.07) is 0. The molecule has 1 saturated carbocycles. The van der Waals surface area contributed by atoms with E-state index < -0.39 is 0 Å². The average Bonchev–Trinajstić information content (AvgIpc) is 3.28. The van der Waals surface area contributed by atoms with Crippen molar-refractivity contribution in [3.8, 4) is 0 Å². The van der Waals surface area contributed by atoms with Gasteiger partial charge in [0.2, 0.25) is 0 Å². The molecule has 4 rings (SSSR count). The van der Waals surface area contributed by atoms with Gasteiger partial charge in [-0.1, -0.05) is 12.8 Å². The third-order valence-electron chi connectivity index (χ3n) is 5.70. The van der Waals surface area contributed by atoms with Gasteiger partial charge in [-0.2, -0.15) is 0 Å². The number of hydrogen-bond acceptors (Lipinski definition) is 3. The van der Waals surface area contributed by atoms with Crippen LogP contribution in [0.25, 0.3) is 0 Å². The van der Waals surface area contributed by atoms with Crippen molar-refractivity contribution in [2.24, 2.45) is 10.4 Å². The van der Waals surface area contributed by atoms with Crippen molar-refractivity contribution in [2.75, 3.05) is 20.1 Å². The van der Waals surface area contributed by atoms with Crippen molar-refractivity contribution in [1.82, 2.24) is 25.0 Å². The lowest BCUT2D eigenvalue weighted by Gasteiger charge is -2.25. The van der Waals surface area contributed by atoms with Gasteiger partial charge in [0.1, 0.15) is 5.82 Å². The molecule has 2 aliphatic heterocycles. The lowest BCUT2D eigenvalue weighted by molar-refractivity contribution is 0.309. The fourth-order valence-corrected chi connectivity index (χ4v) is 4.48.